The van der Waals surface area contributed by atoms with Crippen molar-refractivity contribution in [3.63, 3.8) is 0 Å². The van der Waals surface area contributed by atoms with Gasteiger partial charge in [0, 0.05) is 5.56 Å². The van der Waals surface area contributed by atoms with E-state index in [1.54, 1.807) is 43.5 Å². The molecule has 150 valence electrons. The Morgan fingerprint density at radius 1 is 1.00 bits per heavy atom. The minimum Gasteiger partial charge on any atom is -0.497 e. The summed E-state index contributed by atoms with van der Waals surface area (Å²) >= 11 is 0. The van der Waals surface area contributed by atoms with Crippen molar-refractivity contribution in [2.45, 2.75) is 0 Å². The molecular weight excluding hydrogens is 384 g/mol. The number of aromatic nitrogens is 3. The zero-order valence-electron chi connectivity index (χ0n) is 16.3. The fourth-order valence-electron chi connectivity index (χ4n) is 2.83. The summed E-state index contributed by atoms with van der Waals surface area (Å²) < 4.78 is 15.8. The van der Waals surface area contributed by atoms with Gasteiger partial charge in [0.1, 0.15) is 17.2 Å². The highest BCUT2D eigenvalue weighted by Crippen LogP contribution is 2.25. The highest BCUT2D eigenvalue weighted by molar-refractivity contribution is 6.06. The number of hydrogen-bond donors (Lipinski definition) is 1. The Hall–Kier alpha value is -4.20. The second-order valence-corrected chi connectivity index (χ2v) is 6.24. The molecule has 0 fully saturated rings. The number of anilines is 1. The predicted molar refractivity (Wildman–Crippen MR) is 110 cm³/mol. The van der Waals surface area contributed by atoms with E-state index in [1.165, 1.54) is 13.3 Å². The largest absolute Gasteiger partial charge is 0.497 e. The Labute approximate surface area is 172 Å². The Morgan fingerprint density at radius 3 is 2.63 bits per heavy atom. The van der Waals surface area contributed by atoms with Crippen LogP contribution in [0.15, 0.2) is 71.4 Å². The van der Waals surface area contributed by atoms with E-state index in [0.29, 0.717) is 34.3 Å². The zero-order valence-corrected chi connectivity index (χ0v) is 16.3. The second kappa shape index (κ2) is 8.44. The summed E-state index contributed by atoms with van der Waals surface area (Å²) in [5.41, 5.74) is 2.23. The first-order valence-corrected chi connectivity index (χ1v) is 9.07. The van der Waals surface area contributed by atoms with Crippen molar-refractivity contribution in [2.75, 3.05) is 19.5 Å². The monoisotopic (exact) mass is 402 g/mol. The lowest BCUT2D eigenvalue weighted by atomic mass is 10.2. The molecular formula is C22H18N4O4. The molecule has 8 nitrogen and oxygen atoms in total. The molecule has 0 atom stereocenters. The molecule has 0 spiro atoms. The Bertz CT molecular complexity index is 1170. The smallest absolute Gasteiger partial charge is 0.276 e. The molecule has 1 amide bonds. The third-order valence-corrected chi connectivity index (χ3v) is 4.35. The van der Waals surface area contributed by atoms with Gasteiger partial charge >= 0.3 is 0 Å². The van der Waals surface area contributed by atoms with Gasteiger partial charge in [-0.15, -0.1) is 0 Å². The van der Waals surface area contributed by atoms with Gasteiger partial charge in [-0.2, -0.15) is 4.98 Å². The second-order valence-electron chi connectivity index (χ2n) is 6.24. The Morgan fingerprint density at radius 2 is 1.87 bits per heavy atom. The fraction of sp³-hybridized carbons (Fsp3) is 0.0909. The molecule has 0 unspecified atom stereocenters. The van der Waals surface area contributed by atoms with Crippen molar-refractivity contribution in [1.29, 1.82) is 0 Å². The van der Waals surface area contributed by atoms with Crippen molar-refractivity contribution in [3.8, 4) is 34.5 Å². The highest BCUT2D eigenvalue weighted by Gasteiger charge is 2.14. The molecule has 4 rings (SSSR count). The van der Waals surface area contributed by atoms with Crippen molar-refractivity contribution in [3.05, 3.63) is 72.4 Å². The molecule has 0 aliphatic carbocycles. The Kier molecular flexibility index (Phi) is 5.38. The number of amides is 1. The number of benzene rings is 2. The fourth-order valence-corrected chi connectivity index (χ4v) is 2.83. The number of carbonyl (C=O) groups is 1. The third-order valence-electron chi connectivity index (χ3n) is 4.35. The first-order chi connectivity index (χ1) is 14.7. The number of para-hydroxylation sites is 1. The van der Waals surface area contributed by atoms with Gasteiger partial charge in [0.15, 0.2) is 0 Å². The van der Waals surface area contributed by atoms with Gasteiger partial charge in [0.05, 0.1) is 31.7 Å². The van der Waals surface area contributed by atoms with Crippen LogP contribution in [0.5, 0.6) is 11.5 Å². The van der Waals surface area contributed by atoms with E-state index in [9.17, 15) is 4.79 Å². The standard InChI is InChI=1S/C22H18N4O4/c1-28-16-7-5-6-14(12-16)20-25-22(30-26-20)18-11-10-15(13-23-18)24-21(27)17-8-3-4-9-19(17)29-2/h3-13H,1-2H3,(H,24,27). The summed E-state index contributed by atoms with van der Waals surface area (Å²) in [7, 11) is 3.12. The van der Waals surface area contributed by atoms with Crippen LogP contribution in [0.1, 0.15) is 10.4 Å². The van der Waals surface area contributed by atoms with Crippen molar-refractivity contribution in [2.24, 2.45) is 0 Å². The molecule has 0 saturated carbocycles. The van der Waals surface area contributed by atoms with E-state index < -0.39 is 0 Å². The summed E-state index contributed by atoms with van der Waals surface area (Å²) in [6.45, 7) is 0. The molecule has 2 heterocycles. The first-order valence-electron chi connectivity index (χ1n) is 9.07. The molecule has 1 N–H and O–H groups in total. The lowest BCUT2D eigenvalue weighted by Gasteiger charge is -2.08. The maximum atomic E-state index is 12.5. The lowest BCUT2D eigenvalue weighted by Crippen LogP contribution is -2.13. The molecule has 0 aliphatic heterocycles. The number of pyridine rings is 1. The van der Waals surface area contributed by atoms with Crippen molar-refractivity contribution >= 4 is 11.6 Å². The van der Waals surface area contributed by atoms with E-state index >= 15 is 0 Å². The van der Waals surface area contributed by atoms with Gasteiger partial charge in [-0.25, -0.2) is 4.98 Å². The Balaban J connectivity index is 1.50. The van der Waals surface area contributed by atoms with Crippen LogP contribution in [-0.2, 0) is 0 Å². The van der Waals surface area contributed by atoms with Gasteiger partial charge in [0.25, 0.3) is 11.8 Å². The predicted octanol–water partition coefficient (Wildman–Crippen LogP) is 4.07. The van der Waals surface area contributed by atoms with Crippen LogP contribution in [0.3, 0.4) is 0 Å². The van der Waals surface area contributed by atoms with Crippen LogP contribution in [0, 0.1) is 0 Å². The number of methoxy groups -OCH3 is 2. The lowest BCUT2D eigenvalue weighted by molar-refractivity contribution is 0.102. The van der Waals surface area contributed by atoms with Crippen LogP contribution in [0.25, 0.3) is 23.0 Å². The van der Waals surface area contributed by atoms with Crippen molar-refractivity contribution < 1.29 is 18.8 Å². The maximum absolute atomic E-state index is 12.5. The average molecular weight is 402 g/mol. The zero-order chi connectivity index (χ0) is 20.9. The average Bonchev–Trinajstić information content (AvgIpc) is 3.30. The number of nitrogens with zero attached hydrogens (tertiary/aromatic N) is 3. The summed E-state index contributed by atoms with van der Waals surface area (Å²) in [6.07, 6.45) is 1.53. The molecule has 0 saturated heterocycles. The molecule has 30 heavy (non-hydrogen) atoms. The molecule has 8 heteroatoms. The van der Waals surface area contributed by atoms with Crippen molar-refractivity contribution in [1.82, 2.24) is 15.1 Å². The molecule has 4 aromatic rings. The van der Waals surface area contributed by atoms with Gasteiger partial charge in [-0.1, -0.05) is 29.4 Å². The summed E-state index contributed by atoms with van der Waals surface area (Å²) in [4.78, 5) is 21.2. The van der Waals surface area contributed by atoms with E-state index in [0.717, 1.165) is 5.56 Å². The SMILES string of the molecule is COc1cccc(-c2noc(-c3ccc(NC(=O)c4ccccc4OC)cn3)n2)c1. The number of ether oxygens (including phenoxy) is 2. The van der Waals surface area contributed by atoms with Crippen LogP contribution in [0.2, 0.25) is 0 Å². The van der Waals surface area contributed by atoms with E-state index in [2.05, 4.69) is 20.4 Å². The number of rotatable bonds is 6. The minimum atomic E-state index is -0.292. The van der Waals surface area contributed by atoms with Gasteiger partial charge < -0.3 is 19.3 Å². The quantitative estimate of drug-likeness (QED) is 0.519. The maximum Gasteiger partial charge on any atom is 0.276 e. The molecule has 2 aromatic carbocycles. The van der Waals surface area contributed by atoms with Gasteiger partial charge in [-0.3, -0.25) is 4.79 Å². The van der Waals surface area contributed by atoms with Gasteiger partial charge in [-0.05, 0) is 36.4 Å². The number of nitrogens with one attached hydrogen (secondary N) is 1. The molecule has 0 radical (unpaired) electrons. The van der Waals surface area contributed by atoms with Gasteiger partial charge in [0.2, 0.25) is 5.82 Å². The van der Waals surface area contributed by atoms with E-state index in [-0.39, 0.29) is 11.8 Å². The van der Waals surface area contributed by atoms with Crippen LogP contribution < -0.4 is 14.8 Å². The molecule has 0 aliphatic rings. The summed E-state index contributed by atoms with van der Waals surface area (Å²) in [6, 6.07) is 17.8. The minimum absolute atomic E-state index is 0.274. The topological polar surface area (TPSA) is 99.4 Å². The number of hydrogen-bond acceptors (Lipinski definition) is 7. The van der Waals surface area contributed by atoms with Crippen LogP contribution in [0.4, 0.5) is 5.69 Å². The summed E-state index contributed by atoms with van der Waals surface area (Å²) in [5.74, 6) is 1.61. The van der Waals surface area contributed by atoms with Crippen LogP contribution in [-0.4, -0.2) is 35.3 Å². The third kappa shape index (κ3) is 3.97. The molecule has 2 aromatic heterocycles. The highest BCUT2D eigenvalue weighted by atomic mass is 16.5. The number of carbonyl (C=O) groups excluding carboxylic acids is 1. The summed E-state index contributed by atoms with van der Waals surface area (Å²) in [5, 5.41) is 6.80. The van der Waals surface area contributed by atoms with E-state index in [1.807, 2.05) is 24.3 Å². The first kappa shape index (κ1) is 19.1. The van der Waals surface area contributed by atoms with E-state index in [4.69, 9.17) is 14.0 Å². The van der Waals surface area contributed by atoms with Crippen LogP contribution >= 0.6 is 0 Å². The molecule has 0 bridgehead atoms. The normalized spacial score (nSPS) is 10.5.